The number of piperidine rings is 1. The third-order valence-electron chi connectivity index (χ3n) is 5.36. The highest BCUT2D eigenvalue weighted by atomic mass is 32.1. The molecule has 0 aliphatic carbocycles. The van der Waals surface area contributed by atoms with Crippen molar-refractivity contribution in [1.82, 2.24) is 19.7 Å². The van der Waals surface area contributed by atoms with Crippen LogP contribution in [0, 0.1) is 0 Å². The van der Waals surface area contributed by atoms with Crippen molar-refractivity contribution >= 4 is 17.4 Å². The highest BCUT2D eigenvalue weighted by Gasteiger charge is 2.30. The molecule has 6 nitrogen and oxygen atoms in total. The zero-order valence-electron chi connectivity index (χ0n) is 16.3. The lowest BCUT2D eigenvalue weighted by molar-refractivity contribution is 0.0412. The lowest BCUT2D eigenvalue weighted by Gasteiger charge is -2.43. The van der Waals surface area contributed by atoms with Crippen molar-refractivity contribution in [2.24, 2.45) is 0 Å². The number of thiazole rings is 1. The van der Waals surface area contributed by atoms with Crippen LogP contribution >= 0.6 is 11.3 Å². The quantitative estimate of drug-likeness (QED) is 0.786. The van der Waals surface area contributed by atoms with Crippen molar-refractivity contribution in [2.75, 3.05) is 45.9 Å². The van der Waals surface area contributed by atoms with Gasteiger partial charge in [-0.3, -0.25) is 9.80 Å². The van der Waals surface area contributed by atoms with Crippen LogP contribution in [0.5, 0.6) is 0 Å². The summed E-state index contributed by atoms with van der Waals surface area (Å²) < 4.78 is 5.12. The minimum absolute atomic E-state index is 0.165. The summed E-state index contributed by atoms with van der Waals surface area (Å²) in [5.41, 5.74) is 1.22. The summed E-state index contributed by atoms with van der Waals surface area (Å²) in [5.74, 6) is 0.504. The Morgan fingerprint density at radius 2 is 2.08 bits per heavy atom. The maximum absolute atomic E-state index is 11.9. The molecule has 0 aromatic carbocycles. The zero-order valence-corrected chi connectivity index (χ0v) is 17.1. The lowest BCUT2D eigenvalue weighted by Crippen LogP contribution is -2.55. The second-order valence-corrected chi connectivity index (χ2v) is 8.52. The SMILES string of the molecule is CCOC(=O)N1CCN([C@@H]2CCCN(Cc3nc(C(C)C)cs3)C2)CC1. The summed E-state index contributed by atoms with van der Waals surface area (Å²) in [6, 6.07) is 0.595. The van der Waals surface area contributed by atoms with Crippen LogP contribution in [0.1, 0.15) is 50.2 Å². The average Bonchev–Trinajstić information content (AvgIpc) is 3.11. The fourth-order valence-corrected chi connectivity index (χ4v) is 4.81. The van der Waals surface area contributed by atoms with Crippen LogP contribution in [0.25, 0.3) is 0 Å². The van der Waals surface area contributed by atoms with E-state index in [0.29, 0.717) is 18.6 Å². The van der Waals surface area contributed by atoms with E-state index in [9.17, 15) is 4.79 Å². The van der Waals surface area contributed by atoms with E-state index in [4.69, 9.17) is 9.72 Å². The molecule has 1 amide bonds. The molecule has 2 fully saturated rings. The fourth-order valence-electron chi connectivity index (χ4n) is 3.81. The number of carbonyl (C=O) groups is 1. The Bertz CT molecular complexity index is 584. The van der Waals surface area contributed by atoms with Crippen LogP contribution < -0.4 is 0 Å². The first-order valence-electron chi connectivity index (χ1n) is 9.89. The highest BCUT2D eigenvalue weighted by Crippen LogP contribution is 2.23. The molecule has 0 saturated carbocycles. The van der Waals surface area contributed by atoms with E-state index in [1.54, 1.807) is 11.3 Å². The smallest absolute Gasteiger partial charge is 0.409 e. The number of nitrogens with zero attached hydrogens (tertiary/aromatic N) is 4. The molecule has 1 aromatic rings. The number of ether oxygens (including phenoxy) is 1. The third kappa shape index (κ3) is 4.96. The van der Waals surface area contributed by atoms with Gasteiger partial charge in [0, 0.05) is 44.1 Å². The predicted molar refractivity (Wildman–Crippen MR) is 105 cm³/mol. The Morgan fingerprint density at radius 3 is 2.73 bits per heavy atom. The van der Waals surface area contributed by atoms with Crippen LogP contribution in [0.2, 0.25) is 0 Å². The van der Waals surface area contributed by atoms with Crippen LogP contribution in [-0.2, 0) is 11.3 Å². The molecule has 0 bridgehead atoms. The number of amides is 1. The normalized spacial score (nSPS) is 22.8. The molecule has 0 spiro atoms. The van der Waals surface area contributed by atoms with Gasteiger partial charge in [0.05, 0.1) is 18.8 Å². The Hall–Kier alpha value is -1.18. The monoisotopic (exact) mass is 380 g/mol. The molecule has 3 rings (SSSR count). The minimum Gasteiger partial charge on any atom is -0.450 e. The molecule has 2 saturated heterocycles. The Labute approximate surface area is 161 Å². The van der Waals surface area contributed by atoms with E-state index in [1.807, 2.05) is 11.8 Å². The van der Waals surface area contributed by atoms with E-state index >= 15 is 0 Å². The standard InChI is InChI=1S/C19H32N4O2S/c1-4-25-19(24)23-10-8-22(9-11-23)16-6-5-7-21(12-16)13-18-20-17(14-26-18)15(2)3/h14-16H,4-13H2,1-3H3/t16-/m1/s1. The summed E-state index contributed by atoms with van der Waals surface area (Å²) in [7, 11) is 0. The first-order chi connectivity index (χ1) is 12.6. The van der Waals surface area contributed by atoms with E-state index in [0.717, 1.165) is 45.8 Å². The number of hydrogen-bond donors (Lipinski definition) is 0. The van der Waals surface area contributed by atoms with Gasteiger partial charge in [0.15, 0.2) is 0 Å². The van der Waals surface area contributed by atoms with Gasteiger partial charge >= 0.3 is 6.09 Å². The van der Waals surface area contributed by atoms with E-state index in [1.165, 1.54) is 23.5 Å². The number of carbonyl (C=O) groups excluding carboxylic acids is 1. The molecule has 1 aromatic heterocycles. The van der Waals surface area contributed by atoms with Crippen LogP contribution in [0.3, 0.4) is 0 Å². The van der Waals surface area contributed by atoms with E-state index in [-0.39, 0.29) is 6.09 Å². The molecule has 26 heavy (non-hydrogen) atoms. The van der Waals surface area contributed by atoms with Gasteiger partial charge in [0.25, 0.3) is 0 Å². The van der Waals surface area contributed by atoms with Gasteiger partial charge in [-0.15, -0.1) is 11.3 Å². The van der Waals surface area contributed by atoms with Crippen molar-refractivity contribution < 1.29 is 9.53 Å². The average molecular weight is 381 g/mol. The number of likely N-dealkylation sites (tertiary alicyclic amines) is 1. The number of piperazine rings is 1. The summed E-state index contributed by atoms with van der Waals surface area (Å²) in [6.07, 6.45) is 2.33. The highest BCUT2D eigenvalue weighted by molar-refractivity contribution is 7.09. The van der Waals surface area contributed by atoms with Gasteiger partial charge in [-0.05, 0) is 32.2 Å². The first kappa shape index (κ1) is 19.6. The molecule has 146 valence electrons. The van der Waals surface area contributed by atoms with Gasteiger partial charge in [0.2, 0.25) is 0 Å². The van der Waals surface area contributed by atoms with Crippen molar-refractivity contribution in [3.05, 3.63) is 16.1 Å². The molecule has 2 aliphatic rings. The molecular weight excluding hydrogens is 348 g/mol. The minimum atomic E-state index is -0.165. The number of rotatable bonds is 5. The number of aromatic nitrogens is 1. The van der Waals surface area contributed by atoms with Crippen LogP contribution in [0.4, 0.5) is 4.79 Å². The molecule has 7 heteroatoms. The van der Waals surface area contributed by atoms with Crippen LogP contribution in [-0.4, -0.2) is 77.7 Å². The second kappa shape index (κ2) is 9.15. The largest absolute Gasteiger partial charge is 0.450 e. The van der Waals surface area contributed by atoms with Gasteiger partial charge in [0.1, 0.15) is 5.01 Å². The van der Waals surface area contributed by atoms with E-state index in [2.05, 4.69) is 29.0 Å². The van der Waals surface area contributed by atoms with Crippen molar-refractivity contribution in [2.45, 2.75) is 52.1 Å². The topological polar surface area (TPSA) is 48.9 Å². The molecular formula is C19H32N4O2S. The fraction of sp³-hybridized carbons (Fsp3) is 0.789. The molecule has 1 atom stereocenters. The number of hydrogen-bond acceptors (Lipinski definition) is 6. The Kier molecular flexibility index (Phi) is 6.89. The zero-order chi connectivity index (χ0) is 18.5. The molecule has 0 radical (unpaired) electrons. The molecule has 2 aliphatic heterocycles. The van der Waals surface area contributed by atoms with Crippen molar-refractivity contribution in [1.29, 1.82) is 0 Å². The van der Waals surface area contributed by atoms with Crippen molar-refractivity contribution in [3.8, 4) is 0 Å². The first-order valence-corrected chi connectivity index (χ1v) is 10.8. The van der Waals surface area contributed by atoms with E-state index < -0.39 is 0 Å². The summed E-state index contributed by atoms with van der Waals surface area (Å²) in [4.78, 5) is 23.6. The van der Waals surface area contributed by atoms with Gasteiger partial charge in [-0.2, -0.15) is 0 Å². The maximum Gasteiger partial charge on any atom is 0.409 e. The summed E-state index contributed by atoms with van der Waals surface area (Å²) in [6.45, 7) is 13.4. The lowest BCUT2D eigenvalue weighted by atomic mass is 10.0. The maximum atomic E-state index is 11.9. The Morgan fingerprint density at radius 1 is 1.31 bits per heavy atom. The van der Waals surface area contributed by atoms with Crippen molar-refractivity contribution in [3.63, 3.8) is 0 Å². The Balaban J connectivity index is 1.48. The second-order valence-electron chi connectivity index (χ2n) is 7.57. The third-order valence-corrected chi connectivity index (χ3v) is 6.21. The summed E-state index contributed by atoms with van der Waals surface area (Å²) in [5, 5.41) is 3.44. The molecule has 3 heterocycles. The van der Waals surface area contributed by atoms with Crippen LogP contribution in [0.15, 0.2) is 5.38 Å². The van der Waals surface area contributed by atoms with Gasteiger partial charge in [-0.25, -0.2) is 9.78 Å². The predicted octanol–water partition coefficient (Wildman–Crippen LogP) is 3.01. The van der Waals surface area contributed by atoms with Gasteiger partial charge in [-0.1, -0.05) is 13.8 Å². The summed E-state index contributed by atoms with van der Waals surface area (Å²) >= 11 is 1.79. The molecule has 0 unspecified atom stereocenters. The van der Waals surface area contributed by atoms with Gasteiger partial charge < -0.3 is 9.64 Å². The molecule has 0 N–H and O–H groups in total.